The van der Waals surface area contributed by atoms with Crippen molar-refractivity contribution >= 4 is 0 Å². The van der Waals surface area contributed by atoms with Crippen molar-refractivity contribution in [2.24, 2.45) is 0 Å². The van der Waals surface area contributed by atoms with Crippen molar-refractivity contribution in [2.75, 3.05) is 6.61 Å². The van der Waals surface area contributed by atoms with Gasteiger partial charge >= 0.3 is 0 Å². The molecule has 1 fully saturated rings. The maximum Gasteiger partial charge on any atom is 0.130 e. The Labute approximate surface area is 100.0 Å². The quantitative estimate of drug-likeness (QED) is 0.855. The van der Waals surface area contributed by atoms with E-state index in [0.29, 0.717) is 12.1 Å². The van der Waals surface area contributed by atoms with Crippen LogP contribution in [0.5, 0.6) is 0 Å². The molecule has 0 radical (unpaired) electrons. The average molecular weight is 241 g/mol. The molecule has 4 heteroatoms. The minimum atomic E-state index is -0.488. The van der Waals surface area contributed by atoms with Crippen molar-refractivity contribution < 1.29 is 13.5 Å². The third kappa shape index (κ3) is 3.01. The van der Waals surface area contributed by atoms with E-state index in [0.717, 1.165) is 19.4 Å². The molecule has 1 N–H and O–H groups in total. The minimum Gasteiger partial charge on any atom is -0.378 e. The summed E-state index contributed by atoms with van der Waals surface area (Å²) in [4.78, 5) is 0. The maximum atomic E-state index is 13.3. The molecule has 0 amide bonds. The zero-order valence-electron chi connectivity index (χ0n) is 9.88. The fourth-order valence-electron chi connectivity index (χ4n) is 2.05. The van der Waals surface area contributed by atoms with Gasteiger partial charge in [-0.1, -0.05) is 6.07 Å². The molecule has 1 aliphatic carbocycles. The number of hydrogen-bond donors (Lipinski definition) is 1. The molecule has 0 aromatic heterocycles. The molecular weight excluding hydrogens is 224 g/mol. The maximum absolute atomic E-state index is 13.3. The van der Waals surface area contributed by atoms with E-state index in [1.807, 2.05) is 6.92 Å². The highest BCUT2D eigenvalue weighted by Crippen LogP contribution is 2.24. The molecule has 0 bridgehead atoms. The van der Waals surface area contributed by atoms with Gasteiger partial charge in [-0.15, -0.1) is 0 Å². The number of benzene rings is 1. The van der Waals surface area contributed by atoms with Crippen molar-refractivity contribution in [1.82, 2.24) is 5.32 Å². The van der Waals surface area contributed by atoms with E-state index >= 15 is 0 Å². The summed E-state index contributed by atoms with van der Waals surface area (Å²) in [6.07, 6.45) is 2.15. The first-order valence-corrected chi connectivity index (χ1v) is 5.98. The van der Waals surface area contributed by atoms with Crippen molar-refractivity contribution in [2.45, 2.75) is 38.5 Å². The summed E-state index contributed by atoms with van der Waals surface area (Å²) in [7, 11) is 0. The van der Waals surface area contributed by atoms with Crippen molar-refractivity contribution in [3.63, 3.8) is 0 Å². The molecule has 1 aliphatic rings. The smallest absolute Gasteiger partial charge is 0.130 e. The predicted octanol–water partition coefficient (Wildman–Crippen LogP) is 2.62. The van der Waals surface area contributed by atoms with Gasteiger partial charge in [-0.3, -0.25) is 0 Å². The zero-order valence-corrected chi connectivity index (χ0v) is 9.88. The van der Waals surface area contributed by atoms with Crippen LogP contribution < -0.4 is 5.32 Å². The lowest BCUT2D eigenvalue weighted by molar-refractivity contribution is -0.0103. The summed E-state index contributed by atoms with van der Waals surface area (Å²) >= 11 is 0. The molecule has 0 spiro atoms. The Bertz CT molecular complexity index is 357. The van der Waals surface area contributed by atoms with E-state index in [9.17, 15) is 8.78 Å². The van der Waals surface area contributed by atoms with Gasteiger partial charge in [0.25, 0.3) is 0 Å². The summed E-state index contributed by atoms with van der Waals surface area (Å²) in [6.45, 7) is 2.93. The molecule has 1 saturated carbocycles. The van der Waals surface area contributed by atoms with Crippen molar-refractivity contribution in [3.8, 4) is 0 Å². The van der Waals surface area contributed by atoms with Gasteiger partial charge in [0.05, 0.1) is 6.10 Å². The molecular formula is C13H17F2NO. The van der Waals surface area contributed by atoms with Gasteiger partial charge in [-0.25, -0.2) is 8.78 Å². The van der Waals surface area contributed by atoms with Crippen LogP contribution in [0.1, 0.15) is 25.3 Å². The van der Waals surface area contributed by atoms with Crippen molar-refractivity contribution in [1.29, 1.82) is 0 Å². The fraction of sp³-hybridized carbons (Fsp3) is 0.538. The predicted molar refractivity (Wildman–Crippen MR) is 61.6 cm³/mol. The van der Waals surface area contributed by atoms with Gasteiger partial charge in [-0.2, -0.15) is 0 Å². The first-order chi connectivity index (χ1) is 8.20. The van der Waals surface area contributed by atoms with Crippen molar-refractivity contribution in [3.05, 3.63) is 35.4 Å². The van der Waals surface area contributed by atoms with E-state index in [-0.39, 0.29) is 12.1 Å². The van der Waals surface area contributed by atoms with Crippen LogP contribution in [0.4, 0.5) is 8.78 Å². The van der Waals surface area contributed by atoms with Crippen LogP contribution in [-0.2, 0) is 11.3 Å². The van der Waals surface area contributed by atoms with Crippen LogP contribution in [0.15, 0.2) is 18.2 Å². The normalized spacial score (nSPS) is 23.5. The van der Waals surface area contributed by atoms with Gasteiger partial charge < -0.3 is 10.1 Å². The number of hydrogen-bond acceptors (Lipinski definition) is 2. The Kier molecular flexibility index (Phi) is 4.07. The van der Waals surface area contributed by atoms with Gasteiger partial charge in [-0.05, 0) is 31.9 Å². The SMILES string of the molecule is CCOC1CC(NCc2c(F)cccc2F)C1. The molecule has 0 saturated heterocycles. The lowest BCUT2D eigenvalue weighted by atomic mass is 9.89. The molecule has 0 unspecified atom stereocenters. The fourth-order valence-corrected chi connectivity index (χ4v) is 2.05. The Morgan fingerprint density at radius 2 is 1.94 bits per heavy atom. The molecule has 0 aliphatic heterocycles. The Hall–Kier alpha value is -1.00. The summed E-state index contributed by atoms with van der Waals surface area (Å²) in [5, 5.41) is 3.15. The second kappa shape index (κ2) is 5.56. The summed E-state index contributed by atoms with van der Waals surface area (Å²) in [6, 6.07) is 4.25. The molecule has 2 rings (SSSR count). The molecule has 17 heavy (non-hydrogen) atoms. The minimum absolute atomic E-state index is 0.118. The van der Waals surface area contributed by atoms with E-state index in [1.165, 1.54) is 18.2 Å². The van der Waals surface area contributed by atoms with Crippen LogP contribution in [0.25, 0.3) is 0 Å². The highest BCUT2D eigenvalue weighted by atomic mass is 19.1. The Morgan fingerprint density at radius 3 is 2.53 bits per heavy atom. The van der Waals surface area contributed by atoms with E-state index in [1.54, 1.807) is 0 Å². The van der Waals surface area contributed by atoms with Gasteiger partial charge in [0, 0.05) is 24.8 Å². The first kappa shape index (κ1) is 12.5. The molecule has 1 aromatic rings. The lowest BCUT2D eigenvalue weighted by Gasteiger charge is -2.35. The van der Waals surface area contributed by atoms with Crippen LogP contribution in [-0.4, -0.2) is 18.8 Å². The second-order valence-corrected chi connectivity index (χ2v) is 4.33. The Morgan fingerprint density at radius 1 is 1.29 bits per heavy atom. The van der Waals surface area contributed by atoms with Gasteiger partial charge in [0.15, 0.2) is 0 Å². The Balaban J connectivity index is 1.80. The van der Waals surface area contributed by atoms with Crippen LogP contribution >= 0.6 is 0 Å². The molecule has 1 aromatic carbocycles. The topological polar surface area (TPSA) is 21.3 Å². The highest BCUT2D eigenvalue weighted by molar-refractivity contribution is 5.19. The van der Waals surface area contributed by atoms with Crippen LogP contribution in [0.3, 0.4) is 0 Å². The number of rotatable bonds is 5. The van der Waals surface area contributed by atoms with E-state index < -0.39 is 11.6 Å². The zero-order chi connectivity index (χ0) is 12.3. The molecule has 0 atom stereocenters. The average Bonchev–Trinajstić information content (AvgIpc) is 2.24. The first-order valence-electron chi connectivity index (χ1n) is 5.98. The molecule has 0 heterocycles. The van der Waals surface area contributed by atoms with E-state index in [2.05, 4.69) is 5.32 Å². The van der Waals surface area contributed by atoms with Gasteiger partial charge in [0.1, 0.15) is 11.6 Å². The van der Waals surface area contributed by atoms with Crippen LogP contribution in [0, 0.1) is 11.6 Å². The third-order valence-corrected chi connectivity index (χ3v) is 3.13. The number of ether oxygens (including phenoxy) is 1. The highest BCUT2D eigenvalue weighted by Gasteiger charge is 2.29. The summed E-state index contributed by atoms with van der Waals surface area (Å²) in [5.74, 6) is -0.976. The standard InChI is InChI=1S/C13H17F2NO/c1-2-17-10-6-9(7-10)16-8-11-12(14)4-3-5-13(11)15/h3-5,9-10,16H,2,6-8H2,1H3. The molecule has 2 nitrogen and oxygen atoms in total. The number of nitrogens with one attached hydrogen (secondary N) is 1. The van der Waals surface area contributed by atoms with E-state index in [4.69, 9.17) is 4.74 Å². The monoisotopic (exact) mass is 241 g/mol. The third-order valence-electron chi connectivity index (χ3n) is 3.13. The second-order valence-electron chi connectivity index (χ2n) is 4.33. The molecule has 94 valence electrons. The summed E-state index contributed by atoms with van der Waals surface area (Å²) < 4.78 is 32.1. The van der Waals surface area contributed by atoms with Crippen LogP contribution in [0.2, 0.25) is 0 Å². The van der Waals surface area contributed by atoms with Gasteiger partial charge in [0.2, 0.25) is 0 Å². The summed E-state index contributed by atoms with van der Waals surface area (Å²) in [5.41, 5.74) is 0.118. The number of halogens is 2. The largest absolute Gasteiger partial charge is 0.378 e. The lowest BCUT2D eigenvalue weighted by Crippen LogP contribution is -2.45.